The lowest BCUT2D eigenvalue weighted by atomic mass is 10.2. The molecular weight excluding hydrogens is 476 g/mol. The summed E-state index contributed by atoms with van der Waals surface area (Å²) >= 11 is 11.9. The third-order valence-electron chi connectivity index (χ3n) is 4.37. The second-order valence-electron chi connectivity index (χ2n) is 6.73. The average Bonchev–Trinajstić information content (AvgIpc) is 2.74. The summed E-state index contributed by atoms with van der Waals surface area (Å²) in [6, 6.07) is 16.5. The predicted molar refractivity (Wildman–Crippen MR) is 124 cm³/mol. The number of nitrogens with one attached hydrogen (secondary N) is 1. The van der Waals surface area contributed by atoms with Crippen LogP contribution in [-0.2, 0) is 14.8 Å². The van der Waals surface area contributed by atoms with Crippen molar-refractivity contribution in [3.63, 3.8) is 0 Å². The molecule has 0 radical (unpaired) electrons. The van der Waals surface area contributed by atoms with Crippen molar-refractivity contribution in [1.29, 1.82) is 0 Å². The van der Waals surface area contributed by atoms with Crippen molar-refractivity contribution in [2.45, 2.75) is 11.8 Å². The Morgan fingerprint density at radius 2 is 1.78 bits per heavy atom. The SMILES string of the molecule is Cc1ccc(S(=O)(=O)N(CC(=O)N/N=C\c2c(F)cccc2Cl)c2cccc(Cl)c2)cc1. The lowest BCUT2D eigenvalue weighted by molar-refractivity contribution is -0.119. The zero-order chi connectivity index (χ0) is 23.3. The molecule has 0 spiro atoms. The smallest absolute Gasteiger partial charge is 0.264 e. The minimum Gasteiger partial charge on any atom is -0.271 e. The Morgan fingerprint density at radius 3 is 2.44 bits per heavy atom. The second-order valence-corrected chi connectivity index (χ2v) is 9.44. The van der Waals surface area contributed by atoms with Gasteiger partial charge >= 0.3 is 0 Å². The van der Waals surface area contributed by atoms with Gasteiger partial charge in [-0.3, -0.25) is 9.10 Å². The predicted octanol–water partition coefficient (Wildman–Crippen LogP) is 4.79. The van der Waals surface area contributed by atoms with Crippen LogP contribution in [-0.4, -0.2) is 27.1 Å². The minimum atomic E-state index is -4.09. The summed E-state index contributed by atoms with van der Waals surface area (Å²) in [4.78, 5) is 12.5. The molecule has 0 saturated heterocycles. The summed E-state index contributed by atoms with van der Waals surface area (Å²) in [5.74, 6) is -1.36. The normalized spacial score (nSPS) is 11.5. The van der Waals surface area contributed by atoms with E-state index >= 15 is 0 Å². The van der Waals surface area contributed by atoms with Crippen molar-refractivity contribution < 1.29 is 17.6 Å². The van der Waals surface area contributed by atoms with E-state index in [9.17, 15) is 17.6 Å². The second kappa shape index (κ2) is 10.1. The standard InChI is InChI=1S/C22H18Cl2FN3O3S/c1-15-8-10-18(11-9-15)32(30,31)28(17-5-2-4-16(23)12-17)14-22(29)27-26-13-19-20(24)6-3-7-21(19)25/h2-13H,14H2,1H3,(H,27,29)/b26-13-. The molecule has 10 heteroatoms. The summed E-state index contributed by atoms with van der Waals surface area (Å²) < 4.78 is 41.3. The molecule has 32 heavy (non-hydrogen) atoms. The first-order valence-corrected chi connectivity index (χ1v) is 11.5. The molecule has 0 aliphatic carbocycles. The number of hydrogen-bond acceptors (Lipinski definition) is 4. The zero-order valence-corrected chi connectivity index (χ0v) is 19.1. The highest BCUT2D eigenvalue weighted by atomic mass is 35.5. The van der Waals surface area contributed by atoms with E-state index in [1.165, 1.54) is 42.5 Å². The van der Waals surface area contributed by atoms with E-state index < -0.39 is 28.3 Å². The number of amides is 1. The molecule has 0 aliphatic heterocycles. The molecule has 0 atom stereocenters. The van der Waals surface area contributed by atoms with Crippen molar-refractivity contribution in [3.05, 3.63) is 93.7 Å². The van der Waals surface area contributed by atoms with Crippen LogP contribution < -0.4 is 9.73 Å². The molecule has 1 N–H and O–H groups in total. The van der Waals surface area contributed by atoms with Crippen LogP contribution in [0.15, 0.2) is 76.7 Å². The molecule has 0 aliphatic rings. The van der Waals surface area contributed by atoms with Gasteiger partial charge in [-0.05, 0) is 49.4 Å². The van der Waals surface area contributed by atoms with E-state index in [0.29, 0.717) is 5.02 Å². The highest BCUT2D eigenvalue weighted by Crippen LogP contribution is 2.26. The van der Waals surface area contributed by atoms with E-state index in [1.54, 1.807) is 24.3 Å². The Bertz CT molecular complexity index is 1250. The Kier molecular flexibility index (Phi) is 7.50. The molecule has 6 nitrogen and oxygen atoms in total. The Hall–Kier alpha value is -2.94. The first kappa shape index (κ1) is 23.7. The number of nitrogens with zero attached hydrogens (tertiary/aromatic N) is 2. The highest BCUT2D eigenvalue weighted by Gasteiger charge is 2.27. The summed E-state index contributed by atoms with van der Waals surface area (Å²) in [5, 5.41) is 4.12. The van der Waals surface area contributed by atoms with E-state index in [2.05, 4.69) is 10.5 Å². The Labute approximate surface area is 195 Å². The molecular formula is C22H18Cl2FN3O3S. The van der Waals surface area contributed by atoms with Gasteiger partial charge in [0.15, 0.2) is 0 Å². The number of hydrogen-bond donors (Lipinski definition) is 1. The maximum Gasteiger partial charge on any atom is 0.264 e. The third kappa shape index (κ3) is 5.64. The van der Waals surface area contributed by atoms with Crippen LogP contribution in [0.5, 0.6) is 0 Å². The van der Waals surface area contributed by atoms with Gasteiger partial charge in [-0.2, -0.15) is 5.10 Å². The fraction of sp³-hybridized carbons (Fsp3) is 0.0909. The first-order valence-electron chi connectivity index (χ1n) is 9.29. The fourth-order valence-corrected chi connectivity index (χ4v) is 4.56. The number of sulfonamides is 1. The summed E-state index contributed by atoms with van der Waals surface area (Å²) in [6.45, 7) is 1.25. The van der Waals surface area contributed by atoms with Crippen molar-refractivity contribution in [2.75, 3.05) is 10.8 Å². The van der Waals surface area contributed by atoms with Gasteiger partial charge in [0.2, 0.25) is 0 Å². The lowest BCUT2D eigenvalue weighted by Gasteiger charge is -2.24. The topological polar surface area (TPSA) is 78.8 Å². The largest absolute Gasteiger partial charge is 0.271 e. The monoisotopic (exact) mass is 493 g/mol. The molecule has 166 valence electrons. The fourth-order valence-electron chi connectivity index (χ4n) is 2.75. The van der Waals surface area contributed by atoms with Crippen molar-refractivity contribution in [3.8, 4) is 0 Å². The van der Waals surface area contributed by atoms with E-state index in [4.69, 9.17) is 23.2 Å². The maximum atomic E-state index is 13.8. The maximum absolute atomic E-state index is 13.8. The van der Waals surface area contributed by atoms with Gasteiger partial charge in [-0.25, -0.2) is 18.2 Å². The van der Waals surface area contributed by atoms with Gasteiger partial charge < -0.3 is 0 Å². The van der Waals surface area contributed by atoms with E-state index in [0.717, 1.165) is 16.1 Å². The molecule has 0 bridgehead atoms. The van der Waals surface area contributed by atoms with Gasteiger partial charge in [0.25, 0.3) is 15.9 Å². The molecule has 0 unspecified atom stereocenters. The molecule has 3 rings (SSSR count). The summed E-state index contributed by atoms with van der Waals surface area (Å²) in [5.41, 5.74) is 3.28. The Morgan fingerprint density at radius 1 is 1.09 bits per heavy atom. The van der Waals surface area contributed by atoms with Crippen LogP contribution >= 0.6 is 23.2 Å². The number of carbonyl (C=O) groups excluding carboxylic acids is 1. The molecule has 0 heterocycles. The van der Waals surface area contributed by atoms with Gasteiger partial charge in [0.05, 0.1) is 21.8 Å². The van der Waals surface area contributed by atoms with Crippen molar-refractivity contribution in [1.82, 2.24) is 5.43 Å². The highest BCUT2D eigenvalue weighted by molar-refractivity contribution is 7.92. The van der Waals surface area contributed by atoms with Crippen LogP contribution in [0.3, 0.4) is 0 Å². The van der Waals surface area contributed by atoms with Crippen LogP contribution in [0.4, 0.5) is 10.1 Å². The van der Waals surface area contributed by atoms with Crippen LogP contribution in [0.1, 0.15) is 11.1 Å². The number of anilines is 1. The number of rotatable bonds is 7. The van der Waals surface area contributed by atoms with E-state index in [1.807, 2.05) is 6.92 Å². The molecule has 0 aromatic heterocycles. The van der Waals surface area contributed by atoms with Gasteiger partial charge in [-0.1, -0.05) is 53.0 Å². The van der Waals surface area contributed by atoms with Crippen molar-refractivity contribution >= 4 is 51.0 Å². The third-order valence-corrected chi connectivity index (χ3v) is 6.73. The number of hydrazone groups is 1. The molecule has 3 aromatic rings. The molecule has 0 fully saturated rings. The molecule has 1 amide bonds. The number of benzene rings is 3. The minimum absolute atomic E-state index is 0.00607. The van der Waals surface area contributed by atoms with Crippen molar-refractivity contribution in [2.24, 2.45) is 5.10 Å². The summed E-state index contributed by atoms with van der Waals surface area (Å²) in [6.07, 6.45) is 1.05. The zero-order valence-electron chi connectivity index (χ0n) is 16.8. The van der Waals surface area contributed by atoms with Crippen LogP contribution in [0.25, 0.3) is 0 Å². The Balaban J connectivity index is 1.87. The van der Waals surface area contributed by atoms with Gasteiger partial charge in [0.1, 0.15) is 12.4 Å². The van der Waals surface area contributed by atoms with Crippen LogP contribution in [0, 0.1) is 12.7 Å². The van der Waals surface area contributed by atoms with E-state index in [-0.39, 0.29) is 21.2 Å². The summed E-state index contributed by atoms with van der Waals surface area (Å²) in [7, 11) is -4.09. The van der Waals surface area contributed by atoms with Gasteiger partial charge in [0, 0.05) is 10.6 Å². The lowest BCUT2D eigenvalue weighted by Crippen LogP contribution is -2.39. The molecule has 3 aromatic carbocycles. The first-order chi connectivity index (χ1) is 15.2. The number of halogens is 3. The average molecular weight is 494 g/mol. The molecule has 0 saturated carbocycles. The number of carbonyl (C=O) groups is 1. The van der Waals surface area contributed by atoms with Crippen LogP contribution in [0.2, 0.25) is 10.0 Å². The van der Waals surface area contributed by atoms with Gasteiger partial charge in [-0.15, -0.1) is 0 Å². The number of aryl methyl sites for hydroxylation is 1. The quantitative estimate of drug-likeness (QED) is 0.379.